The number of anilines is 2. The maximum absolute atomic E-state index is 13.1. The Kier molecular flexibility index (Phi) is 8.87. The highest BCUT2D eigenvalue weighted by molar-refractivity contribution is 6.14. The Hall–Kier alpha value is -5.43. The van der Waals surface area contributed by atoms with E-state index in [9.17, 15) is 19.5 Å². The summed E-state index contributed by atoms with van der Waals surface area (Å²) in [5, 5.41) is 18.5. The first-order valence-corrected chi connectivity index (χ1v) is 15.2. The number of hydrogen-bond acceptors (Lipinski definition) is 6. The van der Waals surface area contributed by atoms with Crippen molar-refractivity contribution in [1.29, 1.82) is 0 Å². The van der Waals surface area contributed by atoms with Crippen LogP contribution in [-0.2, 0) is 11.2 Å². The molecule has 1 aliphatic carbocycles. The van der Waals surface area contributed by atoms with Gasteiger partial charge in [0.1, 0.15) is 18.4 Å². The zero-order chi connectivity index (χ0) is 31.2. The lowest BCUT2D eigenvalue weighted by Crippen LogP contribution is -2.32. The number of nitrogens with one attached hydrogen (secondary N) is 2. The molecule has 7 heteroatoms. The molecule has 6 rings (SSSR count). The van der Waals surface area contributed by atoms with Gasteiger partial charge in [0.2, 0.25) is 0 Å². The number of hydrogen-bond donors (Lipinski definition) is 3. The minimum Gasteiger partial charge on any atom is -0.492 e. The van der Waals surface area contributed by atoms with Gasteiger partial charge in [-0.25, -0.2) is 4.79 Å². The third-order valence-corrected chi connectivity index (χ3v) is 8.01. The number of carbonyl (C=O) groups is 3. The molecule has 7 nitrogen and oxygen atoms in total. The fourth-order valence-electron chi connectivity index (χ4n) is 5.49. The number of fused-ring (bicyclic) bond motifs is 1. The largest absolute Gasteiger partial charge is 0.492 e. The van der Waals surface area contributed by atoms with Crippen molar-refractivity contribution in [1.82, 2.24) is 0 Å². The summed E-state index contributed by atoms with van der Waals surface area (Å²) in [5.74, 6) is -0.214. The summed E-state index contributed by atoms with van der Waals surface area (Å²) in [4.78, 5) is 38.4. The average Bonchev–Trinajstić information content (AvgIpc) is 3.93. The highest BCUT2D eigenvalue weighted by Crippen LogP contribution is 2.37. The van der Waals surface area contributed by atoms with Gasteiger partial charge >= 0.3 is 5.97 Å². The Morgan fingerprint density at radius 1 is 0.778 bits per heavy atom. The number of ether oxygens (including phenoxy) is 1. The molecule has 0 spiro atoms. The van der Waals surface area contributed by atoms with E-state index in [4.69, 9.17) is 4.74 Å². The molecule has 0 radical (unpaired) electrons. The summed E-state index contributed by atoms with van der Waals surface area (Å²) in [7, 11) is 0. The van der Waals surface area contributed by atoms with Crippen molar-refractivity contribution < 1.29 is 24.2 Å². The van der Waals surface area contributed by atoms with Crippen molar-refractivity contribution in [2.45, 2.75) is 25.3 Å². The van der Waals surface area contributed by atoms with Crippen molar-refractivity contribution in [2.75, 3.05) is 23.8 Å². The van der Waals surface area contributed by atoms with Gasteiger partial charge in [-0.15, -0.1) is 0 Å². The Morgan fingerprint density at radius 3 is 2.24 bits per heavy atom. The third-order valence-electron chi connectivity index (χ3n) is 8.01. The fraction of sp³-hybridized carbons (Fsp3) is 0.184. The lowest BCUT2D eigenvalue weighted by Gasteiger charge is -2.18. The summed E-state index contributed by atoms with van der Waals surface area (Å²) >= 11 is 0. The monoisotopic (exact) mass is 598 g/mol. The third kappa shape index (κ3) is 7.04. The Morgan fingerprint density at radius 2 is 1.49 bits per heavy atom. The molecule has 0 bridgehead atoms. The van der Waals surface area contributed by atoms with E-state index in [1.807, 2.05) is 66.7 Å². The molecule has 1 fully saturated rings. The van der Waals surface area contributed by atoms with Crippen LogP contribution < -0.4 is 15.4 Å². The van der Waals surface area contributed by atoms with Crippen molar-refractivity contribution in [3.05, 3.63) is 138 Å². The van der Waals surface area contributed by atoms with Gasteiger partial charge in [0.15, 0.2) is 11.6 Å². The average molecular weight is 599 g/mol. The van der Waals surface area contributed by atoms with Crippen molar-refractivity contribution in [2.24, 2.45) is 5.92 Å². The molecular formula is C38H34N2O5. The minimum atomic E-state index is -1.02. The summed E-state index contributed by atoms with van der Waals surface area (Å²) in [6, 6.07) is 34.2. The molecule has 5 aromatic rings. The van der Waals surface area contributed by atoms with E-state index < -0.39 is 12.0 Å². The molecule has 45 heavy (non-hydrogen) atoms. The van der Waals surface area contributed by atoms with E-state index in [-0.39, 0.29) is 23.9 Å². The van der Waals surface area contributed by atoms with E-state index in [0.29, 0.717) is 35.7 Å². The molecular weight excluding hydrogens is 564 g/mol. The number of aliphatic carboxylic acids is 1. The first kappa shape index (κ1) is 29.6. The van der Waals surface area contributed by atoms with Crippen molar-refractivity contribution in [3.8, 4) is 5.75 Å². The number of benzene rings is 5. The Balaban J connectivity index is 1.06. The minimum absolute atomic E-state index is 0.119. The van der Waals surface area contributed by atoms with E-state index in [1.165, 1.54) is 0 Å². The molecule has 0 aromatic heterocycles. The van der Waals surface area contributed by atoms with E-state index in [2.05, 4.69) is 10.6 Å². The topological polar surface area (TPSA) is 105 Å². The van der Waals surface area contributed by atoms with Gasteiger partial charge in [0, 0.05) is 46.9 Å². The van der Waals surface area contributed by atoms with Crippen LogP contribution in [-0.4, -0.2) is 41.8 Å². The van der Waals surface area contributed by atoms with E-state index >= 15 is 0 Å². The molecule has 226 valence electrons. The molecule has 3 N–H and O–H groups in total. The SMILES string of the molecule is O=C(c1ccccc1)c1ccccc1NC(Cc1ccc(OCCNc2ccc3ccccc3c2C(=O)C2CC2)cc1)C(=O)O. The van der Waals surface area contributed by atoms with Crippen LogP contribution in [0.4, 0.5) is 11.4 Å². The highest BCUT2D eigenvalue weighted by atomic mass is 16.5. The number of Topliss-reactive ketones (excluding diaryl/α,β-unsaturated/α-hetero) is 1. The molecule has 1 atom stereocenters. The van der Waals surface area contributed by atoms with Crippen LogP contribution in [0.1, 0.15) is 44.7 Å². The summed E-state index contributed by atoms with van der Waals surface area (Å²) < 4.78 is 5.95. The normalized spacial score (nSPS) is 13.2. The molecule has 0 heterocycles. The number of carboxylic acids is 1. The molecule has 0 amide bonds. The van der Waals surface area contributed by atoms with Crippen LogP contribution in [0.15, 0.2) is 115 Å². The van der Waals surface area contributed by atoms with Gasteiger partial charge in [0.05, 0.1) is 0 Å². The number of rotatable bonds is 14. The predicted octanol–water partition coefficient (Wildman–Crippen LogP) is 7.26. The first-order valence-electron chi connectivity index (χ1n) is 15.2. The highest BCUT2D eigenvalue weighted by Gasteiger charge is 2.32. The molecule has 0 aliphatic heterocycles. The fourth-order valence-corrected chi connectivity index (χ4v) is 5.49. The second-order valence-corrected chi connectivity index (χ2v) is 11.2. The van der Waals surface area contributed by atoms with Crippen molar-refractivity contribution >= 4 is 39.7 Å². The standard InChI is InChI=1S/C38H34N2O5/c41-36(27-9-2-1-3-10-27)31-12-6-7-13-32(31)40-34(38(43)44)24-25-14-19-29(20-15-25)45-23-22-39-33-21-18-26-8-4-5-11-30(26)35(33)37(42)28-16-17-28/h1-15,18-21,28,34,39-40H,16-17,22-24H2,(H,43,44). The maximum atomic E-state index is 13.1. The Bertz CT molecular complexity index is 1830. The maximum Gasteiger partial charge on any atom is 0.326 e. The van der Waals surface area contributed by atoms with Crippen LogP contribution in [0.5, 0.6) is 5.75 Å². The first-order chi connectivity index (χ1) is 22.0. The second-order valence-electron chi connectivity index (χ2n) is 11.2. The number of carbonyl (C=O) groups excluding carboxylic acids is 2. The predicted molar refractivity (Wildman–Crippen MR) is 176 cm³/mol. The molecule has 0 saturated heterocycles. The molecule has 1 aliphatic rings. The zero-order valence-electron chi connectivity index (χ0n) is 24.7. The van der Waals surface area contributed by atoms with Gasteiger partial charge in [-0.1, -0.05) is 84.9 Å². The van der Waals surface area contributed by atoms with Crippen molar-refractivity contribution in [3.63, 3.8) is 0 Å². The van der Waals surface area contributed by atoms with Gasteiger partial charge in [-0.3, -0.25) is 9.59 Å². The summed E-state index contributed by atoms with van der Waals surface area (Å²) in [6.45, 7) is 0.895. The van der Waals surface area contributed by atoms with Gasteiger partial charge in [-0.2, -0.15) is 0 Å². The lowest BCUT2D eigenvalue weighted by molar-refractivity contribution is -0.137. The van der Waals surface area contributed by atoms with Gasteiger partial charge in [0.25, 0.3) is 0 Å². The van der Waals surface area contributed by atoms with Gasteiger partial charge in [-0.05, 0) is 59.5 Å². The van der Waals surface area contributed by atoms with Gasteiger partial charge < -0.3 is 20.5 Å². The van der Waals surface area contributed by atoms with E-state index in [1.54, 1.807) is 48.5 Å². The molecule has 1 unspecified atom stereocenters. The summed E-state index contributed by atoms with van der Waals surface area (Å²) in [6.07, 6.45) is 2.11. The van der Waals surface area contributed by atoms with Crippen LogP contribution in [0, 0.1) is 5.92 Å². The number of carboxylic acid groups (broad SMARTS) is 1. The number of para-hydroxylation sites is 1. The van der Waals surface area contributed by atoms with E-state index in [0.717, 1.165) is 40.4 Å². The van der Waals surface area contributed by atoms with Crippen LogP contribution >= 0.6 is 0 Å². The van der Waals surface area contributed by atoms with Crippen LogP contribution in [0.2, 0.25) is 0 Å². The lowest BCUT2D eigenvalue weighted by atomic mass is 9.97. The van der Waals surface area contributed by atoms with Crippen LogP contribution in [0.25, 0.3) is 10.8 Å². The quantitative estimate of drug-likeness (QED) is 0.0913. The second kappa shape index (κ2) is 13.5. The van der Waals surface area contributed by atoms with Crippen LogP contribution in [0.3, 0.4) is 0 Å². The smallest absolute Gasteiger partial charge is 0.326 e. The number of ketones is 2. The molecule has 1 saturated carbocycles. The zero-order valence-corrected chi connectivity index (χ0v) is 24.7. The Labute approximate surface area is 261 Å². The summed E-state index contributed by atoms with van der Waals surface area (Å²) in [5.41, 5.74) is 3.82. The molecule has 5 aromatic carbocycles.